The van der Waals surface area contributed by atoms with Crippen LogP contribution in [0.5, 0.6) is 0 Å². The van der Waals surface area contributed by atoms with Crippen molar-refractivity contribution >= 4 is 12.0 Å². The Morgan fingerprint density at radius 2 is 1.70 bits per heavy atom. The number of hydrogen-bond donors (Lipinski definition) is 2. The smallest absolute Gasteiger partial charge is 0.317 e. The molecule has 116 valence electrons. The Balaban J connectivity index is 2.11. The summed E-state index contributed by atoms with van der Waals surface area (Å²) < 4.78 is 0. The van der Waals surface area contributed by atoms with Crippen molar-refractivity contribution in [3.8, 4) is 0 Å². The molecule has 1 saturated heterocycles. The zero-order chi connectivity index (χ0) is 15.0. The molecule has 5 nitrogen and oxygen atoms in total. The Hall–Kier alpha value is -1.26. The number of rotatable bonds is 7. The van der Waals surface area contributed by atoms with E-state index in [9.17, 15) is 9.59 Å². The first-order chi connectivity index (χ1) is 9.52. The molecule has 1 fully saturated rings. The van der Waals surface area contributed by atoms with Gasteiger partial charge in [-0.05, 0) is 46.0 Å². The fraction of sp³-hybridized carbons (Fsp3) is 0.867. The van der Waals surface area contributed by atoms with Crippen LogP contribution in [0.4, 0.5) is 4.79 Å². The minimum absolute atomic E-state index is 0.0511. The number of carbonyl (C=O) groups is 2. The second-order valence-corrected chi connectivity index (χ2v) is 5.83. The van der Waals surface area contributed by atoms with E-state index in [1.807, 2.05) is 4.90 Å². The lowest BCUT2D eigenvalue weighted by Gasteiger charge is -2.38. The highest BCUT2D eigenvalue weighted by molar-refractivity contribution is 5.74. The first-order valence-corrected chi connectivity index (χ1v) is 7.80. The predicted molar refractivity (Wildman–Crippen MR) is 78.7 cm³/mol. The highest BCUT2D eigenvalue weighted by Crippen LogP contribution is 2.22. The molecule has 0 aromatic heterocycles. The number of amides is 2. The van der Waals surface area contributed by atoms with Crippen LogP contribution in [0, 0.1) is 0 Å². The van der Waals surface area contributed by atoms with E-state index >= 15 is 0 Å². The van der Waals surface area contributed by atoms with Crippen LogP contribution in [-0.4, -0.2) is 40.6 Å². The van der Waals surface area contributed by atoms with E-state index in [2.05, 4.69) is 19.2 Å². The van der Waals surface area contributed by atoms with Crippen molar-refractivity contribution in [1.82, 2.24) is 10.2 Å². The Morgan fingerprint density at radius 3 is 2.30 bits per heavy atom. The van der Waals surface area contributed by atoms with Crippen LogP contribution in [0.1, 0.15) is 65.2 Å². The summed E-state index contributed by atoms with van der Waals surface area (Å²) in [6.45, 7) is 4.91. The lowest BCUT2D eigenvalue weighted by atomic mass is 9.98. The van der Waals surface area contributed by atoms with E-state index in [4.69, 9.17) is 5.11 Å². The number of nitrogens with one attached hydrogen (secondary N) is 1. The number of carboxylic acids is 1. The third-order valence-electron chi connectivity index (χ3n) is 4.02. The van der Waals surface area contributed by atoms with E-state index in [-0.39, 0.29) is 12.5 Å². The Kier molecular flexibility index (Phi) is 7.41. The molecule has 0 bridgehead atoms. The SMILES string of the molecule is C[C@@H]1CCC[C@H](C)N1C(=O)NCCCCCCC(=O)O. The maximum absolute atomic E-state index is 12.1. The van der Waals surface area contributed by atoms with Gasteiger partial charge in [-0.2, -0.15) is 0 Å². The summed E-state index contributed by atoms with van der Waals surface area (Å²) >= 11 is 0. The lowest BCUT2D eigenvalue weighted by molar-refractivity contribution is -0.137. The van der Waals surface area contributed by atoms with Gasteiger partial charge in [-0.25, -0.2) is 4.79 Å². The van der Waals surface area contributed by atoms with Crippen LogP contribution in [0.3, 0.4) is 0 Å². The number of nitrogens with zero attached hydrogens (tertiary/aromatic N) is 1. The van der Waals surface area contributed by atoms with Gasteiger partial charge in [0.25, 0.3) is 0 Å². The van der Waals surface area contributed by atoms with Crippen LogP contribution in [0.25, 0.3) is 0 Å². The van der Waals surface area contributed by atoms with Crippen molar-refractivity contribution in [1.29, 1.82) is 0 Å². The Labute approximate surface area is 121 Å². The van der Waals surface area contributed by atoms with E-state index in [0.29, 0.717) is 18.6 Å². The third kappa shape index (κ3) is 5.80. The minimum atomic E-state index is -0.730. The second-order valence-electron chi connectivity index (χ2n) is 5.83. The van der Waals surface area contributed by atoms with Gasteiger partial charge < -0.3 is 15.3 Å². The van der Waals surface area contributed by atoms with Gasteiger partial charge in [0.2, 0.25) is 0 Å². The van der Waals surface area contributed by atoms with Crippen molar-refractivity contribution in [2.75, 3.05) is 6.54 Å². The largest absolute Gasteiger partial charge is 0.481 e. The maximum Gasteiger partial charge on any atom is 0.317 e. The summed E-state index contributed by atoms with van der Waals surface area (Å²) in [5, 5.41) is 11.5. The van der Waals surface area contributed by atoms with E-state index in [0.717, 1.165) is 38.5 Å². The first kappa shape index (κ1) is 16.8. The number of piperidine rings is 1. The second kappa shape index (κ2) is 8.82. The molecule has 2 atom stereocenters. The molecule has 0 spiro atoms. The number of unbranched alkanes of at least 4 members (excludes halogenated alkanes) is 3. The van der Waals surface area contributed by atoms with E-state index < -0.39 is 5.97 Å². The van der Waals surface area contributed by atoms with Gasteiger partial charge in [-0.1, -0.05) is 12.8 Å². The van der Waals surface area contributed by atoms with Crippen molar-refractivity contribution in [2.24, 2.45) is 0 Å². The molecule has 1 heterocycles. The van der Waals surface area contributed by atoms with Crippen molar-refractivity contribution in [3.05, 3.63) is 0 Å². The summed E-state index contributed by atoms with van der Waals surface area (Å²) in [5.74, 6) is -0.730. The van der Waals surface area contributed by atoms with Crippen LogP contribution >= 0.6 is 0 Å². The predicted octanol–water partition coefficient (Wildman–Crippen LogP) is 2.99. The fourth-order valence-electron chi connectivity index (χ4n) is 2.86. The van der Waals surface area contributed by atoms with E-state index in [1.165, 1.54) is 6.42 Å². The summed E-state index contributed by atoms with van der Waals surface area (Å²) in [5.41, 5.74) is 0. The van der Waals surface area contributed by atoms with E-state index in [1.54, 1.807) is 0 Å². The first-order valence-electron chi connectivity index (χ1n) is 7.80. The molecule has 0 unspecified atom stereocenters. The van der Waals surface area contributed by atoms with Gasteiger partial charge in [0.1, 0.15) is 0 Å². The van der Waals surface area contributed by atoms with Gasteiger partial charge in [-0.15, -0.1) is 0 Å². The Bertz CT molecular complexity index is 310. The highest BCUT2D eigenvalue weighted by Gasteiger charge is 2.28. The molecule has 5 heteroatoms. The molecule has 0 aliphatic carbocycles. The van der Waals surface area contributed by atoms with Gasteiger partial charge >= 0.3 is 12.0 Å². The molecule has 1 aliphatic heterocycles. The quantitative estimate of drug-likeness (QED) is 0.706. The molecule has 20 heavy (non-hydrogen) atoms. The molecule has 1 rings (SSSR count). The van der Waals surface area contributed by atoms with Crippen LogP contribution in [0.2, 0.25) is 0 Å². The van der Waals surface area contributed by atoms with Crippen molar-refractivity contribution < 1.29 is 14.7 Å². The van der Waals surface area contributed by atoms with Gasteiger partial charge in [0, 0.05) is 25.0 Å². The average Bonchev–Trinajstić information content (AvgIpc) is 2.37. The van der Waals surface area contributed by atoms with Crippen LogP contribution < -0.4 is 5.32 Å². The molecule has 0 saturated carbocycles. The highest BCUT2D eigenvalue weighted by atomic mass is 16.4. The zero-order valence-corrected chi connectivity index (χ0v) is 12.7. The number of hydrogen-bond acceptors (Lipinski definition) is 2. The molecular weight excluding hydrogens is 256 g/mol. The fourth-order valence-corrected chi connectivity index (χ4v) is 2.86. The van der Waals surface area contributed by atoms with Crippen LogP contribution in [-0.2, 0) is 4.79 Å². The van der Waals surface area contributed by atoms with Gasteiger partial charge in [0.05, 0.1) is 0 Å². The number of aliphatic carboxylic acids is 1. The molecule has 2 N–H and O–H groups in total. The topological polar surface area (TPSA) is 69.6 Å². The monoisotopic (exact) mass is 284 g/mol. The summed E-state index contributed by atoms with van der Waals surface area (Å²) in [4.78, 5) is 24.5. The normalized spacial score (nSPS) is 22.6. The lowest BCUT2D eigenvalue weighted by Crippen LogP contribution is -2.51. The molecule has 2 amide bonds. The third-order valence-corrected chi connectivity index (χ3v) is 4.02. The minimum Gasteiger partial charge on any atom is -0.481 e. The number of carbonyl (C=O) groups excluding carboxylic acids is 1. The number of urea groups is 1. The molecule has 1 aliphatic rings. The van der Waals surface area contributed by atoms with Gasteiger partial charge in [-0.3, -0.25) is 4.79 Å². The molecule has 0 radical (unpaired) electrons. The Morgan fingerprint density at radius 1 is 1.10 bits per heavy atom. The summed E-state index contributed by atoms with van der Waals surface area (Å²) in [6.07, 6.45) is 7.16. The van der Waals surface area contributed by atoms with Crippen LogP contribution in [0.15, 0.2) is 0 Å². The van der Waals surface area contributed by atoms with Crippen molar-refractivity contribution in [3.63, 3.8) is 0 Å². The standard InChI is InChI=1S/C15H28N2O3/c1-12-8-7-9-13(2)17(12)15(20)16-11-6-4-3-5-10-14(18)19/h12-13H,3-11H2,1-2H3,(H,16,20)(H,18,19)/t12-,13+. The number of carboxylic acid groups (broad SMARTS) is 1. The summed E-state index contributed by atoms with van der Waals surface area (Å²) in [7, 11) is 0. The van der Waals surface area contributed by atoms with Gasteiger partial charge in [0.15, 0.2) is 0 Å². The zero-order valence-electron chi connectivity index (χ0n) is 12.7. The molecule has 0 aromatic rings. The average molecular weight is 284 g/mol. The number of likely N-dealkylation sites (tertiary alicyclic amines) is 1. The molecular formula is C15H28N2O3. The maximum atomic E-state index is 12.1. The molecule has 0 aromatic carbocycles. The summed E-state index contributed by atoms with van der Waals surface area (Å²) in [6, 6.07) is 0.707. The van der Waals surface area contributed by atoms with Crippen molar-refractivity contribution in [2.45, 2.75) is 77.3 Å².